The van der Waals surface area contributed by atoms with Gasteiger partial charge >= 0.3 is 6.09 Å². The molecule has 19 heavy (non-hydrogen) atoms. The van der Waals surface area contributed by atoms with Crippen molar-refractivity contribution in [3.8, 4) is 5.75 Å². The average Bonchev–Trinajstić information content (AvgIpc) is 2.47. The first-order valence-electron chi connectivity index (χ1n) is 6.66. The molecule has 1 amide bonds. The van der Waals surface area contributed by atoms with Gasteiger partial charge in [-0.1, -0.05) is 6.42 Å². The van der Waals surface area contributed by atoms with E-state index in [9.17, 15) is 4.79 Å². The molecule has 2 rings (SSSR count). The Labute approximate surface area is 113 Å². The fourth-order valence-corrected chi connectivity index (χ4v) is 2.17. The largest absolute Gasteiger partial charge is 0.497 e. The first kappa shape index (κ1) is 13.6. The average molecular weight is 261 g/mol. The molecule has 1 aromatic rings. The van der Waals surface area contributed by atoms with Crippen molar-refractivity contribution < 1.29 is 14.3 Å². The van der Waals surface area contributed by atoms with E-state index in [0.717, 1.165) is 37.0 Å². The molecule has 0 atom stereocenters. The van der Waals surface area contributed by atoms with E-state index in [0.29, 0.717) is 0 Å². The van der Waals surface area contributed by atoms with Crippen LogP contribution in [0.5, 0.6) is 5.75 Å². The highest BCUT2D eigenvalue weighted by molar-refractivity contribution is 5.88. The van der Waals surface area contributed by atoms with Gasteiger partial charge in [-0.3, -0.25) is 0 Å². The number of benzene rings is 1. The first-order chi connectivity index (χ1) is 9.28. The maximum absolute atomic E-state index is 11.6. The van der Waals surface area contributed by atoms with E-state index in [2.05, 4.69) is 4.99 Å². The Morgan fingerprint density at radius 1 is 1.21 bits per heavy atom. The number of aliphatic imine (C=N–C) groups is 1. The summed E-state index contributed by atoms with van der Waals surface area (Å²) in [4.78, 5) is 15.4. The molecule has 1 aliphatic rings. The van der Waals surface area contributed by atoms with Crippen LogP contribution in [-0.2, 0) is 4.74 Å². The number of amides is 1. The number of hydrogen-bond acceptors (Lipinski definition) is 3. The van der Waals surface area contributed by atoms with E-state index >= 15 is 0 Å². The van der Waals surface area contributed by atoms with Gasteiger partial charge in [-0.25, -0.2) is 4.79 Å². The molecule has 4 heteroatoms. The Morgan fingerprint density at radius 2 is 1.89 bits per heavy atom. The van der Waals surface area contributed by atoms with E-state index < -0.39 is 6.09 Å². The zero-order chi connectivity index (χ0) is 13.5. The van der Waals surface area contributed by atoms with Crippen molar-refractivity contribution in [2.75, 3.05) is 7.11 Å². The molecule has 0 unspecified atom stereocenters. The third kappa shape index (κ3) is 4.39. The molecule has 0 N–H and O–H groups in total. The zero-order valence-electron chi connectivity index (χ0n) is 11.2. The van der Waals surface area contributed by atoms with Crippen LogP contribution < -0.4 is 4.74 Å². The van der Waals surface area contributed by atoms with Crippen LogP contribution in [0.1, 0.15) is 37.7 Å². The molecule has 102 valence electrons. The Bertz CT molecular complexity index is 433. The summed E-state index contributed by atoms with van der Waals surface area (Å²) in [5.41, 5.74) is 0.849. The van der Waals surface area contributed by atoms with Gasteiger partial charge in [0, 0.05) is 6.21 Å². The molecule has 0 aromatic heterocycles. The predicted octanol–water partition coefficient (Wildman–Crippen LogP) is 3.58. The smallest absolute Gasteiger partial charge is 0.433 e. The molecular formula is C15H19NO3. The highest BCUT2D eigenvalue weighted by Crippen LogP contribution is 2.20. The first-order valence-corrected chi connectivity index (χ1v) is 6.66. The molecule has 0 bridgehead atoms. The van der Waals surface area contributed by atoms with Gasteiger partial charge in [0.05, 0.1) is 7.11 Å². The second-order valence-corrected chi connectivity index (χ2v) is 4.68. The topological polar surface area (TPSA) is 47.9 Å². The summed E-state index contributed by atoms with van der Waals surface area (Å²) in [5.74, 6) is 0.780. The predicted molar refractivity (Wildman–Crippen MR) is 73.9 cm³/mol. The quantitative estimate of drug-likeness (QED) is 0.781. The van der Waals surface area contributed by atoms with Crippen molar-refractivity contribution in [2.45, 2.75) is 38.2 Å². The summed E-state index contributed by atoms with van der Waals surface area (Å²) in [6.45, 7) is 0. The van der Waals surface area contributed by atoms with E-state index in [1.165, 1.54) is 12.6 Å². The highest BCUT2D eigenvalue weighted by atomic mass is 16.6. The second kappa shape index (κ2) is 6.92. The van der Waals surface area contributed by atoms with Gasteiger partial charge < -0.3 is 9.47 Å². The van der Waals surface area contributed by atoms with Crippen LogP contribution >= 0.6 is 0 Å². The third-order valence-electron chi connectivity index (χ3n) is 3.25. The van der Waals surface area contributed by atoms with Crippen LogP contribution in [0.4, 0.5) is 4.79 Å². The van der Waals surface area contributed by atoms with Crippen molar-refractivity contribution in [3.63, 3.8) is 0 Å². The molecular weight excluding hydrogens is 242 g/mol. The molecule has 1 fully saturated rings. The van der Waals surface area contributed by atoms with Crippen molar-refractivity contribution in [2.24, 2.45) is 4.99 Å². The third-order valence-corrected chi connectivity index (χ3v) is 3.25. The summed E-state index contributed by atoms with van der Waals surface area (Å²) >= 11 is 0. The summed E-state index contributed by atoms with van der Waals surface area (Å²) in [6.07, 6.45) is 6.51. The number of ether oxygens (including phenoxy) is 2. The van der Waals surface area contributed by atoms with E-state index in [1.54, 1.807) is 7.11 Å². The Kier molecular flexibility index (Phi) is 4.95. The highest BCUT2D eigenvalue weighted by Gasteiger charge is 2.16. The molecule has 0 radical (unpaired) electrons. The van der Waals surface area contributed by atoms with Crippen LogP contribution in [0.3, 0.4) is 0 Å². The minimum Gasteiger partial charge on any atom is -0.497 e. The van der Waals surface area contributed by atoms with E-state index in [4.69, 9.17) is 9.47 Å². The number of carbonyl (C=O) groups excluding carboxylic acids is 1. The number of methoxy groups -OCH3 is 1. The van der Waals surface area contributed by atoms with Crippen LogP contribution in [-0.4, -0.2) is 25.5 Å². The fourth-order valence-electron chi connectivity index (χ4n) is 2.17. The van der Waals surface area contributed by atoms with Crippen molar-refractivity contribution in [1.82, 2.24) is 0 Å². The number of nitrogens with zero attached hydrogens (tertiary/aromatic N) is 1. The Morgan fingerprint density at radius 3 is 2.53 bits per heavy atom. The van der Waals surface area contributed by atoms with Crippen LogP contribution in [0, 0.1) is 0 Å². The molecule has 0 heterocycles. The number of hydrogen-bond donors (Lipinski definition) is 0. The summed E-state index contributed by atoms with van der Waals surface area (Å²) in [7, 11) is 1.62. The lowest BCUT2D eigenvalue weighted by molar-refractivity contribution is 0.0834. The SMILES string of the molecule is COc1ccc(C=NC(=O)OC2CCCCC2)cc1. The lowest BCUT2D eigenvalue weighted by Crippen LogP contribution is -2.19. The maximum Gasteiger partial charge on any atom is 0.433 e. The summed E-state index contributed by atoms with van der Waals surface area (Å²) < 4.78 is 10.4. The zero-order valence-corrected chi connectivity index (χ0v) is 11.2. The van der Waals surface area contributed by atoms with Gasteiger partial charge in [-0.05, 0) is 55.5 Å². The lowest BCUT2D eigenvalue weighted by atomic mass is 9.98. The van der Waals surface area contributed by atoms with Crippen LogP contribution in [0.2, 0.25) is 0 Å². The van der Waals surface area contributed by atoms with Crippen molar-refractivity contribution in [1.29, 1.82) is 0 Å². The second-order valence-electron chi connectivity index (χ2n) is 4.68. The monoisotopic (exact) mass is 261 g/mol. The standard InChI is InChI=1S/C15H19NO3/c1-18-13-9-7-12(8-10-13)11-16-15(17)19-14-5-3-2-4-6-14/h7-11,14H,2-6H2,1H3. The van der Waals surface area contributed by atoms with Gasteiger partial charge in [-0.15, -0.1) is 0 Å². The fraction of sp³-hybridized carbons (Fsp3) is 0.467. The number of rotatable bonds is 3. The van der Waals surface area contributed by atoms with Crippen LogP contribution in [0.15, 0.2) is 29.3 Å². The molecule has 0 aliphatic heterocycles. The van der Waals surface area contributed by atoms with E-state index in [1.807, 2.05) is 24.3 Å². The minimum absolute atomic E-state index is 0.0502. The molecule has 0 saturated heterocycles. The van der Waals surface area contributed by atoms with Gasteiger partial charge in [0.15, 0.2) is 0 Å². The van der Waals surface area contributed by atoms with E-state index in [-0.39, 0.29) is 6.10 Å². The normalized spacial score (nSPS) is 16.5. The molecule has 1 aliphatic carbocycles. The van der Waals surface area contributed by atoms with Gasteiger partial charge in [0.1, 0.15) is 11.9 Å². The van der Waals surface area contributed by atoms with Crippen molar-refractivity contribution in [3.05, 3.63) is 29.8 Å². The molecule has 1 saturated carbocycles. The van der Waals surface area contributed by atoms with Crippen LogP contribution in [0.25, 0.3) is 0 Å². The summed E-state index contributed by atoms with van der Waals surface area (Å²) in [5, 5.41) is 0. The van der Waals surface area contributed by atoms with Gasteiger partial charge in [0.25, 0.3) is 0 Å². The van der Waals surface area contributed by atoms with Crippen molar-refractivity contribution >= 4 is 12.3 Å². The van der Waals surface area contributed by atoms with Gasteiger partial charge in [0.2, 0.25) is 0 Å². The molecule has 4 nitrogen and oxygen atoms in total. The van der Waals surface area contributed by atoms with Gasteiger partial charge in [-0.2, -0.15) is 4.99 Å². The molecule has 0 spiro atoms. The molecule has 1 aromatic carbocycles. The Balaban J connectivity index is 1.84. The minimum atomic E-state index is -0.497. The maximum atomic E-state index is 11.6. The lowest BCUT2D eigenvalue weighted by Gasteiger charge is -2.20. The summed E-state index contributed by atoms with van der Waals surface area (Å²) in [6, 6.07) is 7.34. The number of carbonyl (C=O) groups is 1. The Hall–Kier alpha value is -1.84.